The van der Waals surface area contributed by atoms with Gasteiger partial charge in [-0.1, -0.05) is 17.7 Å². The molecule has 0 spiro atoms. The maximum atomic E-state index is 12.6. The van der Waals surface area contributed by atoms with Crippen LogP contribution in [0.15, 0.2) is 18.2 Å². The number of hydrogen-bond acceptors (Lipinski definition) is 3. The van der Waals surface area contributed by atoms with Crippen LogP contribution < -0.4 is 10.1 Å². The van der Waals surface area contributed by atoms with E-state index >= 15 is 0 Å². The van der Waals surface area contributed by atoms with Gasteiger partial charge in [0, 0.05) is 13.1 Å². The van der Waals surface area contributed by atoms with Gasteiger partial charge in [0.25, 0.3) is 5.91 Å². The number of hydrogen-bond donors (Lipinski definition) is 1. The lowest BCUT2D eigenvalue weighted by atomic mass is 9.97. The van der Waals surface area contributed by atoms with Gasteiger partial charge in [0.1, 0.15) is 5.75 Å². The molecule has 0 aliphatic carbocycles. The lowest BCUT2D eigenvalue weighted by Crippen LogP contribution is -2.47. The van der Waals surface area contributed by atoms with Gasteiger partial charge in [-0.15, -0.1) is 0 Å². The van der Waals surface area contributed by atoms with Crippen LogP contribution in [0.4, 0.5) is 0 Å². The van der Waals surface area contributed by atoms with Gasteiger partial charge in [-0.2, -0.15) is 0 Å². The summed E-state index contributed by atoms with van der Waals surface area (Å²) in [6, 6.07) is 5.59. The standard InChI is InChI=1S/C17H25ClN2O2/c1-12-6-7-15(18)16(9-12)22-13(2)17(21)20-8-4-5-14(11-20)10-19-3/h6-7,9,13-14,19H,4-5,8,10-11H2,1-3H3/t13-,14-/m1/s1. The van der Waals surface area contributed by atoms with Crippen LogP contribution in [0.5, 0.6) is 5.75 Å². The van der Waals surface area contributed by atoms with Crippen LogP contribution in [0.2, 0.25) is 5.02 Å². The SMILES string of the molecule is CNC[C@H]1CCCN(C(=O)[C@@H](C)Oc2cc(C)ccc2Cl)C1. The Balaban J connectivity index is 1.98. The third-order valence-corrected chi connectivity index (χ3v) is 4.37. The normalized spacial score (nSPS) is 19.8. The first-order chi connectivity index (χ1) is 10.5. The summed E-state index contributed by atoms with van der Waals surface area (Å²) in [6.07, 6.45) is 1.70. The van der Waals surface area contributed by atoms with Crippen LogP contribution in [0.1, 0.15) is 25.3 Å². The first kappa shape index (κ1) is 17.1. The van der Waals surface area contributed by atoms with Crippen LogP contribution >= 0.6 is 11.6 Å². The number of nitrogens with zero attached hydrogens (tertiary/aromatic N) is 1. The van der Waals surface area contributed by atoms with E-state index in [2.05, 4.69) is 5.32 Å². The highest BCUT2D eigenvalue weighted by Crippen LogP contribution is 2.27. The van der Waals surface area contributed by atoms with Crippen molar-refractivity contribution in [2.45, 2.75) is 32.8 Å². The molecule has 22 heavy (non-hydrogen) atoms. The number of benzene rings is 1. The van der Waals surface area contributed by atoms with E-state index in [9.17, 15) is 4.79 Å². The number of halogens is 1. The number of rotatable bonds is 5. The van der Waals surface area contributed by atoms with Crippen LogP contribution in [0, 0.1) is 12.8 Å². The Bertz CT molecular complexity index is 519. The second-order valence-electron chi connectivity index (χ2n) is 6.04. The third-order valence-electron chi connectivity index (χ3n) is 4.06. The van der Waals surface area contributed by atoms with Crippen LogP contribution in [-0.4, -0.2) is 43.6 Å². The zero-order valence-electron chi connectivity index (χ0n) is 13.6. The minimum absolute atomic E-state index is 0.0402. The zero-order valence-corrected chi connectivity index (χ0v) is 14.3. The first-order valence-electron chi connectivity index (χ1n) is 7.87. The molecule has 1 N–H and O–H groups in total. The van der Waals surface area contributed by atoms with Crippen molar-refractivity contribution >= 4 is 17.5 Å². The fourth-order valence-electron chi connectivity index (χ4n) is 2.92. The number of likely N-dealkylation sites (tertiary alicyclic amines) is 1. The number of nitrogens with one attached hydrogen (secondary N) is 1. The van der Waals surface area contributed by atoms with E-state index in [4.69, 9.17) is 16.3 Å². The van der Waals surface area contributed by atoms with Gasteiger partial charge in [-0.25, -0.2) is 0 Å². The highest BCUT2D eigenvalue weighted by Gasteiger charge is 2.27. The number of amides is 1. The molecule has 1 aliphatic heterocycles. The van der Waals surface area contributed by atoms with Gasteiger partial charge in [0.2, 0.25) is 0 Å². The van der Waals surface area contributed by atoms with E-state index in [-0.39, 0.29) is 5.91 Å². The molecule has 4 nitrogen and oxygen atoms in total. The topological polar surface area (TPSA) is 41.6 Å². The Kier molecular flexibility index (Phi) is 6.09. The maximum absolute atomic E-state index is 12.6. The smallest absolute Gasteiger partial charge is 0.263 e. The largest absolute Gasteiger partial charge is 0.479 e. The number of piperidine rings is 1. The van der Waals surface area contributed by atoms with Crippen LogP contribution in [0.25, 0.3) is 0 Å². The second-order valence-corrected chi connectivity index (χ2v) is 6.45. The molecule has 122 valence electrons. The Morgan fingerprint density at radius 3 is 3.05 bits per heavy atom. The Hall–Kier alpha value is -1.26. The molecule has 2 rings (SSSR count). The highest BCUT2D eigenvalue weighted by atomic mass is 35.5. The number of carbonyl (C=O) groups excluding carboxylic acids is 1. The van der Waals surface area contributed by atoms with E-state index < -0.39 is 6.10 Å². The van der Waals surface area contributed by atoms with Gasteiger partial charge in [0.05, 0.1) is 5.02 Å². The average Bonchev–Trinajstić information content (AvgIpc) is 2.50. The molecule has 0 bridgehead atoms. The van der Waals surface area contributed by atoms with E-state index in [0.29, 0.717) is 16.7 Å². The van der Waals surface area contributed by atoms with E-state index in [1.807, 2.05) is 31.0 Å². The first-order valence-corrected chi connectivity index (χ1v) is 8.25. The molecule has 2 atom stereocenters. The summed E-state index contributed by atoms with van der Waals surface area (Å²) >= 11 is 6.14. The molecule has 1 fully saturated rings. The number of aryl methyl sites for hydroxylation is 1. The molecule has 1 saturated heterocycles. The lowest BCUT2D eigenvalue weighted by Gasteiger charge is -2.34. The van der Waals surface area contributed by atoms with Crippen molar-refractivity contribution in [3.8, 4) is 5.75 Å². The highest BCUT2D eigenvalue weighted by molar-refractivity contribution is 6.32. The molecule has 0 radical (unpaired) electrons. The Labute approximate surface area is 137 Å². The number of ether oxygens (including phenoxy) is 1. The van der Waals surface area contributed by atoms with Crippen molar-refractivity contribution in [3.63, 3.8) is 0 Å². The quantitative estimate of drug-likeness (QED) is 0.905. The average molecular weight is 325 g/mol. The van der Waals surface area contributed by atoms with Crippen molar-refractivity contribution in [3.05, 3.63) is 28.8 Å². The van der Waals surface area contributed by atoms with Crippen molar-refractivity contribution in [1.29, 1.82) is 0 Å². The Morgan fingerprint density at radius 1 is 1.55 bits per heavy atom. The molecule has 1 amide bonds. The van der Waals surface area contributed by atoms with Gasteiger partial charge < -0.3 is 15.0 Å². The van der Waals surface area contributed by atoms with Crippen molar-refractivity contribution in [2.75, 3.05) is 26.7 Å². The van der Waals surface area contributed by atoms with Crippen molar-refractivity contribution < 1.29 is 9.53 Å². The summed E-state index contributed by atoms with van der Waals surface area (Å²) in [5, 5.41) is 3.73. The third kappa shape index (κ3) is 4.37. The minimum atomic E-state index is -0.521. The van der Waals surface area contributed by atoms with Gasteiger partial charge in [0.15, 0.2) is 6.10 Å². The molecule has 1 aliphatic rings. The predicted molar refractivity (Wildman–Crippen MR) is 89.5 cm³/mol. The molecule has 0 saturated carbocycles. The van der Waals surface area contributed by atoms with Gasteiger partial charge >= 0.3 is 0 Å². The molecular weight excluding hydrogens is 300 g/mol. The monoisotopic (exact) mass is 324 g/mol. The predicted octanol–water partition coefficient (Wildman–Crippen LogP) is 2.87. The zero-order chi connectivity index (χ0) is 16.1. The summed E-state index contributed by atoms with van der Waals surface area (Å²) in [7, 11) is 1.95. The fraction of sp³-hybridized carbons (Fsp3) is 0.588. The van der Waals surface area contributed by atoms with E-state index in [1.54, 1.807) is 13.0 Å². The molecule has 1 aromatic carbocycles. The summed E-state index contributed by atoms with van der Waals surface area (Å²) in [6.45, 7) is 6.33. The molecule has 1 heterocycles. The fourth-order valence-corrected chi connectivity index (χ4v) is 3.08. The molecular formula is C17H25ClN2O2. The van der Waals surface area contributed by atoms with Gasteiger partial charge in [-0.05, 0) is 63.9 Å². The minimum Gasteiger partial charge on any atom is -0.479 e. The molecule has 5 heteroatoms. The summed E-state index contributed by atoms with van der Waals surface area (Å²) in [5.74, 6) is 1.14. The van der Waals surface area contributed by atoms with Crippen molar-refractivity contribution in [1.82, 2.24) is 10.2 Å². The number of carbonyl (C=O) groups is 1. The Morgan fingerprint density at radius 2 is 2.32 bits per heavy atom. The molecule has 0 aromatic heterocycles. The summed E-state index contributed by atoms with van der Waals surface area (Å²) in [4.78, 5) is 14.5. The van der Waals surface area contributed by atoms with Crippen LogP contribution in [-0.2, 0) is 4.79 Å². The molecule has 0 unspecified atom stereocenters. The maximum Gasteiger partial charge on any atom is 0.263 e. The lowest BCUT2D eigenvalue weighted by molar-refractivity contribution is -0.139. The van der Waals surface area contributed by atoms with E-state index in [0.717, 1.165) is 31.6 Å². The summed E-state index contributed by atoms with van der Waals surface area (Å²) in [5.41, 5.74) is 1.06. The second kappa shape index (κ2) is 7.84. The van der Waals surface area contributed by atoms with Crippen LogP contribution in [0.3, 0.4) is 0 Å². The van der Waals surface area contributed by atoms with Gasteiger partial charge in [-0.3, -0.25) is 4.79 Å². The summed E-state index contributed by atoms with van der Waals surface area (Å²) < 4.78 is 5.80. The van der Waals surface area contributed by atoms with E-state index in [1.165, 1.54) is 6.42 Å². The molecule has 1 aromatic rings. The van der Waals surface area contributed by atoms with Crippen molar-refractivity contribution in [2.24, 2.45) is 5.92 Å².